The third-order valence-corrected chi connectivity index (χ3v) is 4.85. The van der Waals surface area contributed by atoms with Crippen LogP contribution in [0.3, 0.4) is 0 Å². The highest BCUT2D eigenvalue weighted by Crippen LogP contribution is 2.38. The molecule has 0 aliphatic carbocycles. The van der Waals surface area contributed by atoms with Crippen molar-refractivity contribution in [3.8, 4) is 11.1 Å². The molecule has 27 heavy (non-hydrogen) atoms. The number of aromatic nitrogens is 1. The number of rotatable bonds is 6. The summed E-state index contributed by atoms with van der Waals surface area (Å²) in [4.78, 5) is 12.3. The van der Waals surface area contributed by atoms with E-state index in [4.69, 9.17) is 4.74 Å². The van der Waals surface area contributed by atoms with Gasteiger partial charge in [0.1, 0.15) is 5.82 Å². The molecule has 4 heteroatoms. The summed E-state index contributed by atoms with van der Waals surface area (Å²) >= 11 is 0. The Balaban J connectivity index is 2.22. The quantitative estimate of drug-likeness (QED) is 0.518. The van der Waals surface area contributed by atoms with Gasteiger partial charge in [-0.3, -0.25) is 4.79 Å². The summed E-state index contributed by atoms with van der Waals surface area (Å²) in [5.74, 6) is -0.707. The Morgan fingerprint density at radius 3 is 2.37 bits per heavy atom. The first-order valence-electron chi connectivity index (χ1n) is 9.48. The second-order valence-corrected chi connectivity index (χ2v) is 7.17. The van der Waals surface area contributed by atoms with Crippen LogP contribution in [0.2, 0.25) is 0 Å². The lowest BCUT2D eigenvalue weighted by Crippen LogP contribution is -2.19. The Bertz CT molecular complexity index is 941. The highest BCUT2D eigenvalue weighted by Gasteiger charge is 2.24. The fraction of sp³-hybridized carbons (Fsp3) is 0.348. The van der Waals surface area contributed by atoms with Crippen LogP contribution in [0.1, 0.15) is 39.4 Å². The first-order valence-corrected chi connectivity index (χ1v) is 9.48. The molecule has 0 N–H and O–H groups in total. The topological polar surface area (TPSA) is 31.2 Å². The summed E-state index contributed by atoms with van der Waals surface area (Å²) in [6.45, 7) is 8.37. The number of carbonyl (C=O) groups is 1. The van der Waals surface area contributed by atoms with Crippen LogP contribution in [-0.4, -0.2) is 17.1 Å². The molecule has 0 fully saturated rings. The van der Waals surface area contributed by atoms with Crippen LogP contribution in [-0.2, 0) is 16.0 Å². The molecule has 0 bridgehead atoms. The van der Waals surface area contributed by atoms with E-state index >= 15 is 0 Å². The molecule has 0 radical (unpaired) electrons. The number of fused-ring (bicyclic) bond motifs is 1. The van der Waals surface area contributed by atoms with Crippen molar-refractivity contribution in [3.63, 3.8) is 0 Å². The van der Waals surface area contributed by atoms with Crippen LogP contribution >= 0.6 is 0 Å². The number of para-hydroxylation sites is 1. The van der Waals surface area contributed by atoms with Crippen molar-refractivity contribution in [2.75, 3.05) is 6.61 Å². The van der Waals surface area contributed by atoms with E-state index in [2.05, 4.69) is 30.5 Å². The predicted molar refractivity (Wildman–Crippen MR) is 107 cm³/mol. The third kappa shape index (κ3) is 3.75. The van der Waals surface area contributed by atoms with Crippen LogP contribution in [0.5, 0.6) is 0 Å². The number of benzene rings is 2. The van der Waals surface area contributed by atoms with Crippen molar-refractivity contribution in [1.29, 1.82) is 0 Å². The Hall–Kier alpha value is -2.62. The average Bonchev–Trinajstić information content (AvgIpc) is 2.96. The lowest BCUT2D eigenvalue weighted by molar-refractivity contribution is -0.147. The van der Waals surface area contributed by atoms with Crippen molar-refractivity contribution in [2.24, 2.45) is 5.92 Å². The van der Waals surface area contributed by atoms with Crippen molar-refractivity contribution in [1.82, 2.24) is 4.57 Å². The van der Waals surface area contributed by atoms with Gasteiger partial charge in [0, 0.05) is 34.6 Å². The van der Waals surface area contributed by atoms with E-state index in [0.29, 0.717) is 13.0 Å². The van der Waals surface area contributed by atoms with Gasteiger partial charge in [0.2, 0.25) is 0 Å². The summed E-state index contributed by atoms with van der Waals surface area (Å²) in [6, 6.07) is 15.0. The minimum Gasteiger partial charge on any atom is -0.466 e. The first-order chi connectivity index (χ1) is 12.9. The van der Waals surface area contributed by atoms with Gasteiger partial charge in [-0.2, -0.15) is 0 Å². The fourth-order valence-electron chi connectivity index (χ4n) is 3.70. The summed E-state index contributed by atoms with van der Waals surface area (Å²) in [7, 11) is 0. The molecule has 142 valence electrons. The highest BCUT2D eigenvalue weighted by molar-refractivity contribution is 5.98. The number of ether oxygens (including phenoxy) is 1. The molecule has 0 aliphatic rings. The first kappa shape index (κ1) is 19.2. The number of halogens is 1. The van der Waals surface area contributed by atoms with Gasteiger partial charge in [0.05, 0.1) is 12.5 Å². The number of hydrogen-bond donors (Lipinski definition) is 0. The number of nitrogens with zero attached hydrogens (tertiary/aromatic N) is 1. The Labute approximate surface area is 159 Å². The van der Waals surface area contributed by atoms with E-state index in [1.807, 2.05) is 26.0 Å². The van der Waals surface area contributed by atoms with Crippen molar-refractivity contribution in [3.05, 3.63) is 60.0 Å². The van der Waals surface area contributed by atoms with Gasteiger partial charge >= 0.3 is 5.97 Å². The molecule has 1 heterocycles. The lowest BCUT2D eigenvalue weighted by Gasteiger charge is -2.18. The zero-order valence-corrected chi connectivity index (χ0v) is 16.3. The monoisotopic (exact) mass is 367 g/mol. The van der Waals surface area contributed by atoms with E-state index < -0.39 is 0 Å². The van der Waals surface area contributed by atoms with Gasteiger partial charge in [-0.05, 0) is 44.5 Å². The van der Waals surface area contributed by atoms with Crippen LogP contribution in [0.25, 0.3) is 22.0 Å². The molecule has 0 spiro atoms. The van der Waals surface area contributed by atoms with E-state index in [-0.39, 0.29) is 23.7 Å². The molecule has 1 unspecified atom stereocenters. The molecule has 0 amide bonds. The molecule has 3 nitrogen and oxygen atoms in total. The van der Waals surface area contributed by atoms with Crippen LogP contribution in [0.4, 0.5) is 4.39 Å². The summed E-state index contributed by atoms with van der Waals surface area (Å²) < 4.78 is 21.0. The van der Waals surface area contributed by atoms with Gasteiger partial charge in [0.15, 0.2) is 0 Å². The lowest BCUT2D eigenvalue weighted by atomic mass is 9.96. The predicted octanol–water partition coefficient (Wildman–Crippen LogP) is 5.77. The molecule has 3 aromatic rings. The molecule has 0 saturated carbocycles. The zero-order valence-electron chi connectivity index (χ0n) is 16.3. The van der Waals surface area contributed by atoms with Gasteiger partial charge in [-0.25, -0.2) is 4.39 Å². The van der Waals surface area contributed by atoms with E-state index in [1.165, 1.54) is 12.1 Å². The minimum atomic E-state index is -0.258. The largest absolute Gasteiger partial charge is 0.466 e. The Kier molecular flexibility index (Phi) is 5.64. The maximum Gasteiger partial charge on any atom is 0.309 e. The summed E-state index contributed by atoms with van der Waals surface area (Å²) in [5.41, 5.74) is 4.23. The molecule has 0 saturated heterocycles. The molecular formula is C23H26FNO2. The van der Waals surface area contributed by atoms with Gasteiger partial charge in [-0.1, -0.05) is 37.3 Å². The standard InChI is InChI=1S/C23H26FNO2/c1-5-27-23(26)16(4)14-21-22(17-10-12-18(24)13-11-17)19-8-6-7-9-20(19)25(21)15(2)3/h6-13,15-16H,5,14H2,1-4H3. The normalized spacial score (nSPS) is 12.5. The van der Waals surface area contributed by atoms with Crippen LogP contribution < -0.4 is 0 Å². The van der Waals surface area contributed by atoms with Gasteiger partial charge < -0.3 is 9.30 Å². The molecule has 0 aliphatic heterocycles. The van der Waals surface area contributed by atoms with Crippen molar-refractivity contribution in [2.45, 2.75) is 40.2 Å². The average molecular weight is 367 g/mol. The van der Waals surface area contributed by atoms with E-state index in [9.17, 15) is 9.18 Å². The maximum absolute atomic E-state index is 13.5. The Morgan fingerprint density at radius 1 is 1.07 bits per heavy atom. The summed E-state index contributed by atoms with van der Waals surface area (Å²) in [6.07, 6.45) is 0.568. The number of esters is 1. The minimum absolute atomic E-state index is 0.192. The van der Waals surface area contributed by atoms with Crippen molar-refractivity contribution < 1.29 is 13.9 Å². The molecular weight excluding hydrogens is 341 g/mol. The van der Waals surface area contributed by atoms with Crippen LogP contribution in [0, 0.1) is 11.7 Å². The van der Waals surface area contributed by atoms with Crippen LogP contribution in [0.15, 0.2) is 48.5 Å². The molecule has 3 rings (SSSR count). The van der Waals surface area contributed by atoms with Gasteiger partial charge in [-0.15, -0.1) is 0 Å². The number of hydrogen-bond acceptors (Lipinski definition) is 2. The SMILES string of the molecule is CCOC(=O)C(C)Cc1c(-c2ccc(F)cc2)c2ccccc2n1C(C)C. The zero-order chi connectivity index (χ0) is 19.6. The van der Waals surface area contributed by atoms with E-state index in [1.54, 1.807) is 12.1 Å². The summed E-state index contributed by atoms with van der Waals surface area (Å²) in [5, 5.41) is 1.11. The second kappa shape index (κ2) is 7.95. The second-order valence-electron chi connectivity index (χ2n) is 7.17. The fourth-order valence-corrected chi connectivity index (χ4v) is 3.70. The smallest absolute Gasteiger partial charge is 0.309 e. The maximum atomic E-state index is 13.5. The molecule has 1 atom stereocenters. The van der Waals surface area contributed by atoms with Crippen molar-refractivity contribution >= 4 is 16.9 Å². The van der Waals surface area contributed by atoms with E-state index in [0.717, 1.165) is 27.7 Å². The number of carbonyl (C=O) groups excluding carboxylic acids is 1. The molecule has 2 aromatic carbocycles. The third-order valence-electron chi connectivity index (χ3n) is 4.85. The highest BCUT2D eigenvalue weighted by atomic mass is 19.1. The van der Waals surface area contributed by atoms with Gasteiger partial charge in [0.25, 0.3) is 0 Å². The Morgan fingerprint density at radius 2 is 1.74 bits per heavy atom. The molecule has 1 aromatic heterocycles.